The SMILES string of the molecule is CC1CC(C(C)(C)C)Cc2cc(C[Si](C)(C)C)oc21. The van der Waals surface area contributed by atoms with Crippen molar-refractivity contribution in [3.05, 3.63) is 23.2 Å². The van der Waals surface area contributed by atoms with E-state index in [4.69, 9.17) is 4.42 Å². The van der Waals surface area contributed by atoms with Crippen LogP contribution >= 0.6 is 0 Å². The largest absolute Gasteiger partial charge is 0.466 e. The highest BCUT2D eigenvalue weighted by molar-refractivity contribution is 6.75. The minimum Gasteiger partial charge on any atom is -0.466 e. The van der Waals surface area contributed by atoms with E-state index in [0.29, 0.717) is 11.3 Å². The van der Waals surface area contributed by atoms with Gasteiger partial charge in [-0.3, -0.25) is 0 Å². The van der Waals surface area contributed by atoms with Gasteiger partial charge in [0.1, 0.15) is 11.5 Å². The van der Waals surface area contributed by atoms with Gasteiger partial charge in [-0.1, -0.05) is 47.3 Å². The summed E-state index contributed by atoms with van der Waals surface area (Å²) < 4.78 is 6.19. The van der Waals surface area contributed by atoms with Crippen molar-refractivity contribution in [3.8, 4) is 0 Å². The summed E-state index contributed by atoms with van der Waals surface area (Å²) in [6, 6.07) is 3.54. The summed E-state index contributed by atoms with van der Waals surface area (Å²) in [5.41, 5.74) is 1.90. The van der Waals surface area contributed by atoms with E-state index in [1.165, 1.54) is 36.0 Å². The fourth-order valence-corrected chi connectivity index (χ4v) is 4.45. The third kappa shape index (κ3) is 3.53. The summed E-state index contributed by atoms with van der Waals surface area (Å²) in [6.07, 6.45) is 2.48. The van der Waals surface area contributed by atoms with Crippen LogP contribution in [0.4, 0.5) is 0 Å². The van der Waals surface area contributed by atoms with Crippen LogP contribution in [0.25, 0.3) is 0 Å². The van der Waals surface area contributed by atoms with E-state index in [0.717, 1.165) is 5.92 Å². The summed E-state index contributed by atoms with van der Waals surface area (Å²) in [4.78, 5) is 0. The third-order valence-corrected chi connectivity index (χ3v) is 5.78. The van der Waals surface area contributed by atoms with Gasteiger partial charge in [-0.25, -0.2) is 0 Å². The molecule has 1 aliphatic carbocycles. The first-order valence-electron chi connectivity index (χ1n) is 7.68. The molecule has 2 atom stereocenters. The second-order valence-corrected chi connectivity index (χ2v) is 14.2. The monoisotopic (exact) mass is 278 g/mol. The molecule has 0 aliphatic heterocycles. The van der Waals surface area contributed by atoms with Crippen molar-refractivity contribution < 1.29 is 4.42 Å². The van der Waals surface area contributed by atoms with Gasteiger partial charge < -0.3 is 4.42 Å². The van der Waals surface area contributed by atoms with Crippen LogP contribution in [0.3, 0.4) is 0 Å². The van der Waals surface area contributed by atoms with Crippen molar-refractivity contribution in [2.45, 2.75) is 72.1 Å². The van der Waals surface area contributed by atoms with Crippen molar-refractivity contribution in [2.75, 3.05) is 0 Å². The molecular weight excluding hydrogens is 248 g/mol. The van der Waals surface area contributed by atoms with Gasteiger partial charge in [0.15, 0.2) is 0 Å². The average Bonchev–Trinajstić information content (AvgIpc) is 2.56. The number of fused-ring (bicyclic) bond motifs is 1. The molecule has 1 aromatic heterocycles. The molecule has 2 heteroatoms. The molecule has 1 heterocycles. The van der Waals surface area contributed by atoms with Crippen LogP contribution in [0.1, 0.15) is 57.1 Å². The molecule has 0 fully saturated rings. The van der Waals surface area contributed by atoms with Crippen molar-refractivity contribution in [1.29, 1.82) is 0 Å². The second-order valence-electron chi connectivity index (χ2n) is 8.74. The standard InChI is InChI=1S/C17H30OSi/c1-12-8-14(17(2,3)4)9-13-10-15(18-16(12)13)11-19(5,6)7/h10,12,14H,8-9,11H2,1-7H3. The molecule has 108 valence electrons. The summed E-state index contributed by atoms with van der Waals surface area (Å²) in [6.45, 7) is 16.7. The Morgan fingerprint density at radius 2 is 1.89 bits per heavy atom. The molecule has 2 rings (SSSR count). The molecule has 0 saturated carbocycles. The van der Waals surface area contributed by atoms with Gasteiger partial charge in [0.2, 0.25) is 0 Å². The molecule has 0 radical (unpaired) electrons. The van der Waals surface area contributed by atoms with Crippen LogP contribution in [-0.2, 0) is 12.5 Å². The molecule has 0 amide bonds. The Hall–Kier alpha value is -0.503. The lowest BCUT2D eigenvalue weighted by atomic mass is 9.69. The molecule has 1 nitrogen and oxygen atoms in total. The quantitative estimate of drug-likeness (QED) is 0.659. The van der Waals surface area contributed by atoms with Gasteiger partial charge in [-0.15, -0.1) is 0 Å². The minimum atomic E-state index is -1.08. The summed E-state index contributed by atoms with van der Waals surface area (Å²) in [5, 5.41) is 0. The minimum absolute atomic E-state index is 0.405. The lowest BCUT2D eigenvalue weighted by Gasteiger charge is -2.35. The van der Waals surface area contributed by atoms with Crippen molar-refractivity contribution >= 4 is 8.07 Å². The van der Waals surface area contributed by atoms with Crippen molar-refractivity contribution in [3.63, 3.8) is 0 Å². The Kier molecular flexibility index (Phi) is 3.76. The van der Waals surface area contributed by atoms with E-state index >= 15 is 0 Å². The average molecular weight is 279 g/mol. The van der Waals surface area contributed by atoms with Gasteiger partial charge in [0.25, 0.3) is 0 Å². The maximum absolute atomic E-state index is 6.19. The Labute approximate surface area is 119 Å². The van der Waals surface area contributed by atoms with Crippen LogP contribution in [0.15, 0.2) is 10.5 Å². The predicted molar refractivity (Wildman–Crippen MR) is 85.4 cm³/mol. The zero-order valence-electron chi connectivity index (χ0n) is 13.8. The van der Waals surface area contributed by atoms with E-state index in [1.807, 2.05) is 0 Å². The molecule has 0 aromatic carbocycles. The smallest absolute Gasteiger partial charge is 0.110 e. The molecule has 1 aromatic rings. The van der Waals surface area contributed by atoms with Crippen LogP contribution < -0.4 is 0 Å². The summed E-state index contributed by atoms with van der Waals surface area (Å²) >= 11 is 0. The summed E-state index contributed by atoms with van der Waals surface area (Å²) in [7, 11) is -1.08. The van der Waals surface area contributed by atoms with Crippen LogP contribution in [-0.4, -0.2) is 8.07 Å². The van der Waals surface area contributed by atoms with E-state index in [9.17, 15) is 0 Å². The van der Waals surface area contributed by atoms with Crippen LogP contribution in [0.2, 0.25) is 19.6 Å². The maximum atomic E-state index is 6.19. The molecule has 19 heavy (non-hydrogen) atoms. The molecule has 0 bridgehead atoms. The zero-order chi connectivity index (χ0) is 14.4. The van der Waals surface area contributed by atoms with Crippen molar-refractivity contribution in [1.82, 2.24) is 0 Å². The second kappa shape index (κ2) is 4.80. The van der Waals surface area contributed by atoms with Crippen molar-refractivity contribution in [2.24, 2.45) is 11.3 Å². The Balaban J connectivity index is 2.23. The molecule has 0 spiro atoms. The van der Waals surface area contributed by atoms with Gasteiger partial charge in [-0.05, 0) is 35.8 Å². The Morgan fingerprint density at radius 3 is 2.42 bits per heavy atom. The lowest BCUT2D eigenvalue weighted by molar-refractivity contribution is 0.194. The molecule has 0 N–H and O–H groups in total. The highest BCUT2D eigenvalue weighted by Gasteiger charge is 2.34. The lowest BCUT2D eigenvalue weighted by Crippen LogP contribution is -2.27. The Bertz CT molecular complexity index is 445. The van der Waals surface area contributed by atoms with E-state index in [2.05, 4.69) is 53.4 Å². The van der Waals surface area contributed by atoms with Gasteiger partial charge in [-0.2, -0.15) is 0 Å². The number of hydrogen-bond donors (Lipinski definition) is 0. The molecule has 0 saturated heterocycles. The molecular formula is C17H30OSi. The zero-order valence-corrected chi connectivity index (χ0v) is 14.8. The third-order valence-electron chi connectivity index (χ3n) is 4.37. The topological polar surface area (TPSA) is 13.1 Å². The normalized spacial score (nSPS) is 24.4. The van der Waals surface area contributed by atoms with Crippen LogP contribution in [0, 0.1) is 11.3 Å². The highest BCUT2D eigenvalue weighted by atomic mass is 28.3. The van der Waals surface area contributed by atoms with E-state index in [-0.39, 0.29) is 0 Å². The number of hydrogen-bond acceptors (Lipinski definition) is 1. The highest BCUT2D eigenvalue weighted by Crippen LogP contribution is 2.43. The Morgan fingerprint density at radius 1 is 1.26 bits per heavy atom. The number of furan rings is 1. The first kappa shape index (κ1) is 14.9. The van der Waals surface area contributed by atoms with E-state index < -0.39 is 8.07 Å². The molecule has 1 aliphatic rings. The summed E-state index contributed by atoms with van der Waals surface area (Å²) in [5.74, 6) is 3.90. The van der Waals surface area contributed by atoms with Crippen LogP contribution in [0.5, 0.6) is 0 Å². The maximum Gasteiger partial charge on any atom is 0.110 e. The fraction of sp³-hybridized carbons (Fsp3) is 0.765. The molecule has 2 unspecified atom stereocenters. The van der Waals surface area contributed by atoms with Gasteiger partial charge in [0.05, 0.1) is 8.07 Å². The predicted octanol–water partition coefficient (Wildman–Crippen LogP) is 5.41. The first-order chi connectivity index (χ1) is 8.56. The first-order valence-corrected chi connectivity index (χ1v) is 11.4. The number of rotatable bonds is 2. The fourth-order valence-electron chi connectivity index (χ4n) is 3.23. The van der Waals surface area contributed by atoms with E-state index in [1.54, 1.807) is 0 Å². The van der Waals surface area contributed by atoms with Gasteiger partial charge >= 0.3 is 0 Å². The van der Waals surface area contributed by atoms with Gasteiger partial charge in [0, 0.05) is 12.0 Å².